The molecule has 1 aliphatic carbocycles. The SMILES string of the molecule is O=C(c1ccc(-c2noc(C3CC3)n2)cc1)N1CCc2ccccc2C1. The van der Waals surface area contributed by atoms with Crippen molar-refractivity contribution in [3.05, 3.63) is 71.1 Å². The molecular weight excluding hydrogens is 326 g/mol. The van der Waals surface area contributed by atoms with Gasteiger partial charge in [-0.05, 0) is 42.5 Å². The summed E-state index contributed by atoms with van der Waals surface area (Å²) in [6, 6.07) is 15.8. The fourth-order valence-corrected chi connectivity index (χ4v) is 3.46. The maximum Gasteiger partial charge on any atom is 0.254 e. The van der Waals surface area contributed by atoms with Crippen LogP contribution >= 0.6 is 0 Å². The molecule has 0 N–H and O–H groups in total. The number of carbonyl (C=O) groups is 1. The van der Waals surface area contributed by atoms with E-state index >= 15 is 0 Å². The van der Waals surface area contributed by atoms with E-state index in [2.05, 4.69) is 28.3 Å². The summed E-state index contributed by atoms with van der Waals surface area (Å²) in [6.07, 6.45) is 3.18. The van der Waals surface area contributed by atoms with Crippen molar-refractivity contribution < 1.29 is 9.32 Å². The monoisotopic (exact) mass is 345 g/mol. The Bertz CT molecular complexity index is 957. The minimum Gasteiger partial charge on any atom is -0.339 e. The van der Waals surface area contributed by atoms with E-state index in [4.69, 9.17) is 4.52 Å². The van der Waals surface area contributed by atoms with E-state index < -0.39 is 0 Å². The number of nitrogens with zero attached hydrogens (tertiary/aromatic N) is 3. The second-order valence-electron chi connectivity index (χ2n) is 7.05. The number of carbonyl (C=O) groups excluding carboxylic acids is 1. The number of rotatable bonds is 3. The molecule has 130 valence electrons. The Kier molecular flexibility index (Phi) is 3.59. The molecule has 5 nitrogen and oxygen atoms in total. The summed E-state index contributed by atoms with van der Waals surface area (Å²) in [7, 11) is 0. The molecule has 5 heteroatoms. The number of aromatic nitrogens is 2. The maximum absolute atomic E-state index is 12.8. The molecule has 0 radical (unpaired) electrons. The van der Waals surface area contributed by atoms with Crippen molar-refractivity contribution in [1.82, 2.24) is 15.0 Å². The Morgan fingerprint density at radius 3 is 2.58 bits per heavy atom. The molecule has 2 aliphatic rings. The van der Waals surface area contributed by atoms with E-state index in [1.807, 2.05) is 35.2 Å². The summed E-state index contributed by atoms with van der Waals surface area (Å²) >= 11 is 0. The van der Waals surface area contributed by atoms with Crippen molar-refractivity contribution in [1.29, 1.82) is 0 Å². The first-order valence-electron chi connectivity index (χ1n) is 9.08. The van der Waals surface area contributed by atoms with Gasteiger partial charge in [-0.3, -0.25) is 4.79 Å². The molecule has 2 heterocycles. The quantitative estimate of drug-likeness (QED) is 0.724. The van der Waals surface area contributed by atoms with Gasteiger partial charge >= 0.3 is 0 Å². The van der Waals surface area contributed by atoms with Gasteiger partial charge in [0.05, 0.1) is 0 Å². The lowest BCUT2D eigenvalue weighted by molar-refractivity contribution is 0.0734. The van der Waals surface area contributed by atoms with Gasteiger partial charge in [0.25, 0.3) is 5.91 Å². The first-order valence-corrected chi connectivity index (χ1v) is 9.08. The van der Waals surface area contributed by atoms with Crippen LogP contribution in [-0.2, 0) is 13.0 Å². The number of benzene rings is 2. The minimum atomic E-state index is 0.0674. The Balaban J connectivity index is 1.33. The van der Waals surface area contributed by atoms with E-state index in [0.29, 0.717) is 23.9 Å². The zero-order valence-corrected chi connectivity index (χ0v) is 14.4. The summed E-state index contributed by atoms with van der Waals surface area (Å²) in [5.74, 6) is 1.84. The topological polar surface area (TPSA) is 59.2 Å². The van der Waals surface area contributed by atoms with Crippen molar-refractivity contribution in [2.24, 2.45) is 0 Å². The highest BCUT2D eigenvalue weighted by Crippen LogP contribution is 2.39. The molecule has 0 spiro atoms. The average Bonchev–Trinajstić information content (AvgIpc) is 3.44. The number of amides is 1. The molecular formula is C21H19N3O2. The smallest absolute Gasteiger partial charge is 0.254 e. The van der Waals surface area contributed by atoms with Crippen LogP contribution in [0.25, 0.3) is 11.4 Å². The molecule has 1 aliphatic heterocycles. The van der Waals surface area contributed by atoms with Crippen molar-refractivity contribution >= 4 is 5.91 Å². The van der Waals surface area contributed by atoms with Crippen molar-refractivity contribution in [2.75, 3.05) is 6.54 Å². The minimum absolute atomic E-state index is 0.0674. The van der Waals surface area contributed by atoms with E-state index in [1.54, 1.807) is 0 Å². The predicted octanol–water partition coefficient (Wildman–Crippen LogP) is 3.81. The van der Waals surface area contributed by atoms with Crippen LogP contribution in [0.15, 0.2) is 53.1 Å². The molecule has 1 fully saturated rings. The van der Waals surface area contributed by atoms with Gasteiger partial charge in [-0.15, -0.1) is 0 Å². The fourth-order valence-electron chi connectivity index (χ4n) is 3.46. The summed E-state index contributed by atoms with van der Waals surface area (Å²) in [6.45, 7) is 1.43. The highest BCUT2D eigenvalue weighted by Gasteiger charge is 2.29. The summed E-state index contributed by atoms with van der Waals surface area (Å²) in [4.78, 5) is 19.2. The van der Waals surface area contributed by atoms with Crippen molar-refractivity contribution in [2.45, 2.75) is 31.7 Å². The molecule has 0 atom stereocenters. The maximum atomic E-state index is 12.8. The normalized spacial score (nSPS) is 16.4. The van der Waals surface area contributed by atoms with Gasteiger partial charge in [-0.1, -0.05) is 41.6 Å². The zero-order valence-electron chi connectivity index (χ0n) is 14.4. The zero-order chi connectivity index (χ0) is 17.5. The van der Waals surface area contributed by atoms with Crippen LogP contribution in [0.4, 0.5) is 0 Å². The van der Waals surface area contributed by atoms with Crippen LogP contribution in [0.1, 0.15) is 46.1 Å². The summed E-state index contributed by atoms with van der Waals surface area (Å²) < 4.78 is 5.31. The highest BCUT2D eigenvalue weighted by molar-refractivity contribution is 5.94. The van der Waals surface area contributed by atoms with E-state index in [-0.39, 0.29) is 5.91 Å². The largest absolute Gasteiger partial charge is 0.339 e. The summed E-state index contributed by atoms with van der Waals surface area (Å²) in [5, 5.41) is 4.06. The van der Waals surface area contributed by atoms with Gasteiger partial charge in [0, 0.05) is 30.1 Å². The molecule has 3 aromatic rings. The molecule has 5 rings (SSSR count). The lowest BCUT2D eigenvalue weighted by Crippen LogP contribution is -2.35. The number of hydrogen-bond acceptors (Lipinski definition) is 4. The predicted molar refractivity (Wildman–Crippen MR) is 96.6 cm³/mol. The van der Waals surface area contributed by atoms with Gasteiger partial charge in [-0.2, -0.15) is 4.98 Å². The molecule has 2 aromatic carbocycles. The van der Waals surface area contributed by atoms with Crippen LogP contribution in [0.5, 0.6) is 0 Å². The molecule has 1 saturated carbocycles. The number of fused-ring (bicyclic) bond motifs is 1. The molecule has 0 bridgehead atoms. The first-order chi connectivity index (χ1) is 12.8. The van der Waals surface area contributed by atoms with Crippen molar-refractivity contribution in [3.8, 4) is 11.4 Å². The summed E-state index contributed by atoms with van der Waals surface area (Å²) in [5.41, 5.74) is 4.15. The molecule has 1 amide bonds. The Morgan fingerprint density at radius 2 is 1.81 bits per heavy atom. The third-order valence-electron chi connectivity index (χ3n) is 5.18. The van der Waals surface area contributed by atoms with E-state index in [1.165, 1.54) is 11.1 Å². The van der Waals surface area contributed by atoms with Gasteiger partial charge < -0.3 is 9.42 Å². The van der Waals surface area contributed by atoms with Crippen LogP contribution in [-0.4, -0.2) is 27.5 Å². The third-order valence-corrected chi connectivity index (χ3v) is 5.18. The lowest BCUT2D eigenvalue weighted by Gasteiger charge is -2.29. The highest BCUT2D eigenvalue weighted by atomic mass is 16.5. The van der Waals surface area contributed by atoms with Gasteiger partial charge in [0.2, 0.25) is 11.7 Å². The Labute approximate surface area is 151 Å². The second kappa shape index (κ2) is 6.09. The average molecular weight is 345 g/mol. The van der Waals surface area contributed by atoms with E-state index in [9.17, 15) is 4.79 Å². The molecule has 0 saturated heterocycles. The Hall–Kier alpha value is -2.95. The standard InChI is InChI=1S/C21H19N3O2/c25-21(24-12-11-14-3-1-2-4-18(14)13-24)17-9-5-15(6-10-17)19-22-20(26-23-19)16-7-8-16/h1-6,9-10,16H,7-8,11-13H2. The van der Waals surface area contributed by atoms with Crippen LogP contribution < -0.4 is 0 Å². The lowest BCUT2D eigenvalue weighted by atomic mass is 9.99. The number of hydrogen-bond donors (Lipinski definition) is 0. The molecule has 0 unspecified atom stereocenters. The fraction of sp³-hybridized carbons (Fsp3) is 0.286. The van der Waals surface area contributed by atoms with Crippen LogP contribution in [0, 0.1) is 0 Å². The second-order valence-corrected chi connectivity index (χ2v) is 7.05. The van der Waals surface area contributed by atoms with Crippen molar-refractivity contribution in [3.63, 3.8) is 0 Å². The van der Waals surface area contributed by atoms with Crippen LogP contribution in [0.3, 0.4) is 0 Å². The van der Waals surface area contributed by atoms with Crippen LogP contribution in [0.2, 0.25) is 0 Å². The van der Waals surface area contributed by atoms with Gasteiger partial charge in [0.1, 0.15) is 0 Å². The van der Waals surface area contributed by atoms with E-state index in [0.717, 1.165) is 37.3 Å². The first kappa shape index (κ1) is 15.3. The Morgan fingerprint density at radius 1 is 1.04 bits per heavy atom. The van der Waals surface area contributed by atoms with Gasteiger partial charge in [0.15, 0.2) is 0 Å². The molecule has 1 aromatic heterocycles. The van der Waals surface area contributed by atoms with Gasteiger partial charge in [-0.25, -0.2) is 0 Å². The third kappa shape index (κ3) is 2.79. The molecule has 26 heavy (non-hydrogen) atoms.